The van der Waals surface area contributed by atoms with Gasteiger partial charge < -0.3 is 9.64 Å². The molecule has 114 valence electrons. The lowest BCUT2D eigenvalue weighted by Gasteiger charge is -2.08. The molecule has 2 fully saturated rings. The molecule has 23 heavy (non-hydrogen) atoms. The number of epoxide rings is 1. The summed E-state index contributed by atoms with van der Waals surface area (Å²) in [6, 6.07) is 18.9. The summed E-state index contributed by atoms with van der Waals surface area (Å²) in [5, 5.41) is 0. The highest BCUT2D eigenvalue weighted by Gasteiger charge is 2.74. The normalized spacial score (nSPS) is 28.0. The van der Waals surface area contributed by atoms with E-state index in [2.05, 4.69) is 0 Å². The van der Waals surface area contributed by atoms with Crippen LogP contribution in [0.2, 0.25) is 0 Å². The van der Waals surface area contributed by atoms with Gasteiger partial charge in [0.15, 0.2) is 0 Å². The van der Waals surface area contributed by atoms with E-state index >= 15 is 0 Å². The van der Waals surface area contributed by atoms with Crippen LogP contribution >= 0.6 is 0 Å². The van der Waals surface area contributed by atoms with Crippen molar-refractivity contribution in [3.8, 4) is 0 Å². The van der Waals surface area contributed by atoms with E-state index in [0.717, 1.165) is 11.1 Å². The van der Waals surface area contributed by atoms with Crippen LogP contribution < -0.4 is 0 Å². The van der Waals surface area contributed by atoms with Crippen LogP contribution in [-0.4, -0.2) is 29.2 Å². The Hall–Kier alpha value is -2.72. The molecule has 0 bridgehead atoms. The number of likely N-dealkylation sites (N-methyl/N-ethyl adjacent to an activating group) is 1. The molecule has 2 aromatic rings. The predicted octanol–water partition coefficient (Wildman–Crippen LogP) is 2.58. The van der Waals surface area contributed by atoms with E-state index in [1.807, 2.05) is 60.7 Å². The van der Waals surface area contributed by atoms with Gasteiger partial charge >= 0.3 is 0 Å². The molecule has 0 aromatic heterocycles. The number of carbonyl (C=O) groups excluding carboxylic acids is 2. The first-order valence-corrected chi connectivity index (χ1v) is 7.47. The summed E-state index contributed by atoms with van der Waals surface area (Å²) in [4.78, 5) is 26.9. The number of benzene rings is 2. The molecule has 2 unspecified atom stereocenters. The number of amides is 1. The molecule has 0 aliphatic carbocycles. The van der Waals surface area contributed by atoms with Crippen molar-refractivity contribution < 1.29 is 14.3 Å². The van der Waals surface area contributed by atoms with E-state index in [1.54, 1.807) is 13.1 Å². The molecule has 2 aromatic carbocycles. The number of Topliss-reactive ketones (excluding diaryl/α,β-unsaturated/α-hetero) is 1. The first-order chi connectivity index (χ1) is 11.1. The van der Waals surface area contributed by atoms with Crippen molar-refractivity contribution in [2.45, 2.75) is 11.7 Å². The molecule has 0 saturated carbocycles. The summed E-state index contributed by atoms with van der Waals surface area (Å²) in [7, 11) is 1.62. The first kappa shape index (κ1) is 13.9. The van der Waals surface area contributed by atoms with Crippen molar-refractivity contribution >= 4 is 17.8 Å². The summed E-state index contributed by atoms with van der Waals surface area (Å²) >= 11 is 0. The van der Waals surface area contributed by atoms with Crippen LogP contribution in [0.4, 0.5) is 0 Å². The first-order valence-electron chi connectivity index (χ1n) is 7.47. The Bertz CT molecular complexity index is 813. The van der Waals surface area contributed by atoms with Crippen molar-refractivity contribution in [2.75, 3.05) is 7.05 Å². The largest absolute Gasteiger partial charge is 0.343 e. The standard InChI is InChI=1S/C19H15NO3/c1-20-15(12-13-8-4-2-5-9-13)16(21)19(18(20)22)17(23-19)14-10-6-3-7-11-14/h2-12,17H,1H3/b15-12-. The monoisotopic (exact) mass is 305 g/mol. The zero-order chi connectivity index (χ0) is 16.0. The molecule has 1 spiro atoms. The molecule has 2 aliphatic heterocycles. The highest BCUT2D eigenvalue weighted by molar-refractivity contribution is 6.27. The van der Waals surface area contributed by atoms with Crippen LogP contribution in [0.1, 0.15) is 17.2 Å². The number of ether oxygens (including phenoxy) is 1. The maximum atomic E-state index is 12.8. The van der Waals surface area contributed by atoms with Crippen LogP contribution in [0.3, 0.4) is 0 Å². The molecule has 2 atom stereocenters. The zero-order valence-corrected chi connectivity index (χ0v) is 12.6. The molecule has 4 nitrogen and oxygen atoms in total. The molecule has 4 heteroatoms. The summed E-state index contributed by atoms with van der Waals surface area (Å²) in [6.07, 6.45) is 1.24. The van der Waals surface area contributed by atoms with Crippen LogP contribution in [0.5, 0.6) is 0 Å². The number of likely N-dealkylation sites (tertiary alicyclic amines) is 1. The van der Waals surface area contributed by atoms with Crippen LogP contribution in [0.25, 0.3) is 6.08 Å². The van der Waals surface area contributed by atoms with E-state index in [0.29, 0.717) is 5.70 Å². The van der Waals surface area contributed by atoms with Gasteiger partial charge in [-0.1, -0.05) is 60.7 Å². The number of carbonyl (C=O) groups is 2. The number of rotatable bonds is 2. The Morgan fingerprint density at radius 3 is 2.26 bits per heavy atom. The van der Waals surface area contributed by atoms with Gasteiger partial charge in [0, 0.05) is 7.05 Å². The van der Waals surface area contributed by atoms with Gasteiger partial charge in [-0.2, -0.15) is 0 Å². The molecular weight excluding hydrogens is 290 g/mol. The van der Waals surface area contributed by atoms with Crippen LogP contribution in [0.15, 0.2) is 66.4 Å². The van der Waals surface area contributed by atoms with E-state index in [9.17, 15) is 9.59 Å². The van der Waals surface area contributed by atoms with Gasteiger partial charge in [0.1, 0.15) is 6.10 Å². The number of hydrogen-bond donors (Lipinski definition) is 0. The second kappa shape index (κ2) is 4.89. The minimum atomic E-state index is -1.36. The van der Waals surface area contributed by atoms with Crippen LogP contribution in [-0.2, 0) is 14.3 Å². The maximum absolute atomic E-state index is 12.8. The highest BCUT2D eigenvalue weighted by atomic mass is 16.6. The summed E-state index contributed by atoms with van der Waals surface area (Å²) in [6.45, 7) is 0. The summed E-state index contributed by atoms with van der Waals surface area (Å²) in [5.74, 6) is -0.554. The van der Waals surface area contributed by atoms with Crippen molar-refractivity contribution in [3.63, 3.8) is 0 Å². The average molecular weight is 305 g/mol. The third-order valence-electron chi connectivity index (χ3n) is 4.37. The fourth-order valence-electron chi connectivity index (χ4n) is 3.09. The second-order valence-electron chi connectivity index (χ2n) is 5.78. The Balaban J connectivity index is 1.71. The molecule has 2 heterocycles. The molecule has 0 N–H and O–H groups in total. The van der Waals surface area contributed by atoms with Gasteiger partial charge in [0.2, 0.25) is 11.4 Å². The fraction of sp³-hybridized carbons (Fsp3) is 0.158. The average Bonchev–Trinajstić information content (AvgIpc) is 3.33. The third-order valence-corrected chi connectivity index (χ3v) is 4.37. The molecule has 1 amide bonds. The van der Waals surface area contributed by atoms with Gasteiger partial charge in [-0.3, -0.25) is 9.59 Å². The summed E-state index contributed by atoms with van der Waals surface area (Å²) < 4.78 is 5.63. The molecule has 0 radical (unpaired) electrons. The Kier molecular flexibility index (Phi) is 2.96. The molecule has 4 rings (SSSR count). The lowest BCUT2D eigenvalue weighted by Crippen LogP contribution is -2.30. The minimum absolute atomic E-state index is 0.261. The fourth-order valence-corrected chi connectivity index (χ4v) is 3.09. The van der Waals surface area contributed by atoms with E-state index in [-0.39, 0.29) is 11.7 Å². The zero-order valence-electron chi connectivity index (χ0n) is 12.6. The Morgan fingerprint density at radius 1 is 1.00 bits per heavy atom. The molecule has 2 aliphatic rings. The minimum Gasteiger partial charge on any atom is -0.343 e. The van der Waals surface area contributed by atoms with Crippen molar-refractivity contribution in [1.82, 2.24) is 4.90 Å². The number of ketones is 1. The van der Waals surface area contributed by atoms with Gasteiger partial charge in [-0.15, -0.1) is 0 Å². The predicted molar refractivity (Wildman–Crippen MR) is 85.2 cm³/mol. The molecule has 2 saturated heterocycles. The lowest BCUT2D eigenvalue weighted by atomic mass is 9.96. The van der Waals surface area contributed by atoms with E-state index in [1.165, 1.54) is 4.90 Å². The van der Waals surface area contributed by atoms with Crippen LogP contribution in [0, 0.1) is 0 Å². The van der Waals surface area contributed by atoms with Crippen molar-refractivity contribution in [3.05, 3.63) is 77.5 Å². The van der Waals surface area contributed by atoms with E-state index in [4.69, 9.17) is 4.74 Å². The number of nitrogens with zero attached hydrogens (tertiary/aromatic N) is 1. The smallest absolute Gasteiger partial charge is 0.270 e. The molecular formula is C19H15NO3. The third kappa shape index (κ3) is 1.95. The second-order valence-corrected chi connectivity index (χ2v) is 5.78. The van der Waals surface area contributed by atoms with Gasteiger partial charge in [0.05, 0.1) is 5.70 Å². The Morgan fingerprint density at radius 2 is 1.61 bits per heavy atom. The topological polar surface area (TPSA) is 49.9 Å². The summed E-state index contributed by atoms with van der Waals surface area (Å²) in [5.41, 5.74) is 0.740. The highest BCUT2D eigenvalue weighted by Crippen LogP contribution is 2.55. The Labute approximate surface area is 134 Å². The van der Waals surface area contributed by atoms with Gasteiger partial charge in [0.25, 0.3) is 5.91 Å². The van der Waals surface area contributed by atoms with Crippen molar-refractivity contribution in [1.29, 1.82) is 0 Å². The van der Waals surface area contributed by atoms with Crippen molar-refractivity contribution in [2.24, 2.45) is 0 Å². The van der Waals surface area contributed by atoms with Gasteiger partial charge in [-0.25, -0.2) is 0 Å². The number of hydrogen-bond acceptors (Lipinski definition) is 3. The SMILES string of the molecule is CN1C(=O)C2(OC2c2ccccc2)C(=O)/C1=C/c1ccccc1. The lowest BCUT2D eigenvalue weighted by molar-refractivity contribution is -0.132. The maximum Gasteiger partial charge on any atom is 0.270 e. The van der Waals surface area contributed by atoms with E-state index < -0.39 is 11.7 Å². The quantitative estimate of drug-likeness (QED) is 0.487. The van der Waals surface area contributed by atoms with Gasteiger partial charge in [-0.05, 0) is 17.2 Å².